The van der Waals surface area contributed by atoms with Crippen molar-refractivity contribution in [1.82, 2.24) is 5.32 Å². The smallest absolute Gasteiger partial charge is 0.244 e. The van der Waals surface area contributed by atoms with Crippen molar-refractivity contribution in [2.45, 2.75) is 19.4 Å². The van der Waals surface area contributed by atoms with Crippen LogP contribution in [0.4, 0.5) is 5.69 Å². The molecule has 0 aliphatic rings. The number of rotatable bonds is 3. The average Bonchev–Trinajstić information content (AvgIpc) is 2.21. The van der Waals surface area contributed by atoms with Gasteiger partial charge in [-0.1, -0.05) is 12.1 Å². The normalized spacial score (nSPS) is 11.2. The highest BCUT2D eigenvalue weighted by molar-refractivity contribution is 9.10. The lowest BCUT2D eigenvalue weighted by molar-refractivity contribution is -0.121. The van der Waals surface area contributed by atoms with E-state index in [-0.39, 0.29) is 5.91 Å². The predicted octanol–water partition coefficient (Wildman–Crippen LogP) is 2.39. The molecule has 0 saturated carbocycles. The van der Waals surface area contributed by atoms with Gasteiger partial charge in [-0.2, -0.15) is 0 Å². The van der Waals surface area contributed by atoms with E-state index in [0.29, 0.717) is 0 Å². The van der Waals surface area contributed by atoms with Gasteiger partial charge in [0.1, 0.15) is 0 Å². The lowest BCUT2D eigenvalue weighted by Crippen LogP contribution is -2.47. The molecule has 1 aromatic rings. The quantitative estimate of drug-likeness (QED) is 0.886. The second-order valence-corrected chi connectivity index (χ2v) is 4.66. The number of nitrogens with one attached hydrogen (secondary N) is 2. The van der Waals surface area contributed by atoms with Crippen LogP contribution in [0.1, 0.15) is 13.8 Å². The van der Waals surface area contributed by atoms with Crippen molar-refractivity contribution < 1.29 is 4.79 Å². The predicted molar refractivity (Wildman–Crippen MR) is 65.9 cm³/mol. The first-order valence-electron chi connectivity index (χ1n) is 4.72. The minimum absolute atomic E-state index is 0.0584. The monoisotopic (exact) mass is 270 g/mol. The Hall–Kier alpha value is -0.870. The molecule has 82 valence electrons. The third kappa shape index (κ3) is 3.04. The molecule has 1 amide bonds. The molecule has 2 N–H and O–H groups in total. The highest BCUT2D eigenvalue weighted by atomic mass is 79.9. The largest absolute Gasteiger partial charge is 0.323 e. The van der Waals surface area contributed by atoms with Gasteiger partial charge in [-0.25, -0.2) is 0 Å². The van der Waals surface area contributed by atoms with Crippen LogP contribution in [0.2, 0.25) is 0 Å². The Kier molecular flexibility index (Phi) is 3.88. The third-order valence-electron chi connectivity index (χ3n) is 2.31. The third-order valence-corrected chi connectivity index (χ3v) is 3.01. The maximum absolute atomic E-state index is 11.8. The Bertz CT molecular complexity index is 363. The molecular weight excluding hydrogens is 256 g/mol. The first-order valence-corrected chi connectivity index (χ1v) is 5.51. The lowest BCUT2D eigenvalue weighted by atomic mass is 10.1. The van der Waals surface area contributed by atoms with E-state index in [0.717, 1.165) is 10.2 Å². The fourth-order valence-electron chi connectivity index (χ4n) is 0.955. The molecule has 0 fully saturated rings. The Balaban J connectivity index is 2.80. The summed E-state index contributed by atoms with van der Waals surface area (Å²) in [5.41, 5.74) is 0.209. The molecule has 0 heterocycles. The summed E-state index contributed by atoms with van der Waals surface area (Å²) in [5, 5.41) is 5.81. The molecule has 0 aliphatic carbocycles. The van der Waals surface area contributed by atoms with Crippen LogP contribution in [-0.4, -0.2) is 18.5 Å². The Morgan fingerprint density at radius 1 is 1.33 bits per heavy atom. The van der Waals surface area contributed by atoms with Gasteiger partial charge in [0.2, 0.25) is 5.91 Å². The molecule has 0 saturated heterocycles. The Labute approximate surface area is 98.4 Å². The number of hydrogen-bond acceptors (Lipinski definition) is 2. The summed E-state index contributed by atoms with van der Waals surface area (Å²) in [7, 11) is 1.76. The van der Waals surface area contributed by atoms with Gasteiger partial charge in [-0.15, -0.1) is 0 Å². The summed E-state index contributed by atoms with van der Waals surface area (Å²) in [6, 6.07) is 7.53. The topological polar surface area (TPSA) is 41.1 Å². The van der Waals surface area contributed by atoms with E-state index in [4.69, 9.17) is 0 Å². The highest BCUT2D eigenvalue weighted by Crippen LogP contribution is 2.22. The van der Waals surface area contributed by atoms with Gasteiger partial charge < -0.3 is 10.6 Å². The molecule has 0 aromatic heterocycles. The van der Waals surface area contributed by atoms with Gasteiger partial charge in [0.25, 0.3) is 0 Å². The number of anilines is 1. The van der Waals surface area contributed by atoms with E-state index in [1.807, 2.05) is 38.1 Å². The van der Waals surface area contributed by atoms with Crippen molar-refractivity contribution >= 4 is 27.5 Å². The van der Waals surface area contributed by atoms with Crippen LogP contribution >= 0.6 is 15.9 Å². The van der Waals surface area contributed by atoms with Gasteiger partial charge in [-0.05, 0) is 49.0 Å². The molecule has 15 heavy (non-hydrogen) atoms. The summed E-state index contributed by atoms with van der Waals surface area (Å²) < 4.78 is 0.880. The summed E-state index contributed by atoms with van der Waals surface area (Å²) >= 11 is 3.38. The summed E-state index contributed by atoms with van der Waals surface area (Å²) in [6.07, 6.45) is 0. The van der Waals surface area contributed by atoms with Crippen LogP contribution in [0.5, 0.6) is 0 Å². The van der Waals surface area contributed by atoms with E-state index in [9.17, 15) is 4.79 Å². The fraction of sp³-hybridized carbons (Fsp3) is 0.364. The maximum atomic E-state index is 11.8. The molecular formula is C11H15BrN2O. The molecule has 4 heteroatoms. The number of likely N-dealkylation sites (N-methyl/N-ethyl adjacent to an activating group) is 1. The van der Waals surface area contributed by atoms with E-state index in [1.54, 1.807) is 7.05 Å². The van der Waals surface area contributed by atoms with Crippen LogP contribution in [0.25, 0.3) is 0 Å². The number of amides is 1. The lowest BCUT2D eigenvalue weighted by Gasteiger charge is -2.23. The van der Waals surface area contributed by atoms with Crippen molar-refractivity contribution in [3.05, 3.63) is 28.7 Å². The second-order valence-electron chi connectivity index (χ2n) is 3.81. The molecule has 0 bridgehead atoms. The number of hydrogen-bond donors (Lipinski definition) is 2. The van der Waals surface area contributed by atoms with Gasteiger partial charge in [-0.3, -0.25) is 4.79 Å². The molecule has 1 aromatic carbocycles. The van der Waals surface area contributed by atoms with Crippen molar-refractivity contribution in [1.29, 1.82) is 0 Å². The average molecular weight is 271 g/mol. The van der Waals surface area contributed by atoms with E-state index < -0.39 is 5.54 Å². The summed E-state index contributed by atoms with van der Waals surface area (Å²) in [5.74, 6) is -0.0584. The first kappa shape index (κ1) is 12.2. The number of carbonyl (C=O) groups excluding carboxylic acids is 1. The van der Waals surface area contributed by atoms with E-state index in [2.05, 4.69) is 26.6 Å². The van der Waals surface area contributed by atoms with Crippen LogP contribution < -0.4 is 10.6 Å². The van der Waals surface area contributed by atoms with Crippen LogP contribution in [0, 0.1) is 0 Å². The number of benzene rings is 1. The standard InChI is InChI=1S/C11H15BrN2O/c1-11(2,13-3)10(15)14-9-7-5-4-6-8(9)12/h4-7,13H,1-3H3,(H,14,15). The second kappa shape index (κ2) is 4.77. The van der Waals surface area contributed by atoms with E-state index in [1.165, 1.54) is 0 Å². The Morgan fingerprint density at radius 2 is 1.93 bits per heavy atom. The zero-order chi connectivity index (χ0) is 11.5. The zero-order valence-electron chi connectivity index (χ0n) is 9.10. The van der Waals surface area contributed by atoms with Crippen LogP contribution in [0.3, 0.4) is 0 Å². The molecule has 0 unspecified atom stereocenters. The molecule has 3 nitrogen and oxygen atoms in total. The van der Waals surface area contributed by atoms with Gasteiger partial charge >= 0.3 is 0 Å². The van der Waals surface area contributed by atoms with Crippen LogP contribution in [0.15, 0.2) is 28.7 Å². The van der Waals surface area contributed by atoms with Gasteiger partial charge in [0, 0.05) is 4.47 Å². The minimum Gasteiger partial charge on any atom is -0.323 e. The SMILES string of the molecule is CNC(C)(C)C(=O)Nc1ccccc1Br. The Morgan fingerprint density at radius 3 is 2.47 bits per heavy atom. The zero-order valence-corrected chi connectivity index (χ0v) is 10.7. The molecule has 0 atom stereocenters. The van der Waals surface area contributed by atoms with Crippen LogP contribution in [-0.2, 0) is 4.79 Å². The summed E-state index contributed by atoms with van der Waals surface area (Å²) in [6.45, 7) is 3.67. The summed E-state index contributed by atoms with van der Waals surface area (Å²) in [4.78, 5) is 11.8. The maximum Gasteiger partial charge on any atom is 0.244 e. The highest BCUT2D eigenvalue weighted by Gasteiger charge is 2.25. The van der Waals surface area contributed by atoms with Crippen molar-refractivity contribution in [3.8, 4) is 0 Å². The molecule has 0 radical (unpaired) electrons. The first-order chi connectivity index (χ1) is 6.97. The van der Waals surface area contributed by atoms with E-state index >= 15 is 0 Å². The number of carbonyl (C=O) groups is 1. The van der Waals surface area contributed by atoms with Gasteiger partial charge in [0.15, 0.2) is 0 Å². The number of para-hydroxylation sites is 1. The van der Waals surface area contributed by atoms with Crippen molar-refractivity contribution in [3.63, 3.8) is 0 Å². The molecule has 0 spiro atoms. The van der Waals surface area contributed by atoms with Crippen molar-refractivity contribution in [2.75, 3.05) is 12.4 Å². The van der Waals surface area contributed by atoms with Crippen molar-refractivity contribution in [2.24, 2.45) is 0 Å². The number of halogens is 1. The fourth-order valence-corrected chi connectivity index (χ4v) is 1.34. The molecule has 1 rings (SSSR count). The van der Waals surface area contributed by atoms with Gasteiger partial charge in [0.05, 0.1) is 11.2 Å². The minimum atomic E-state index is -0.574. The molecule has 0 aliphatic heterocycles.